The van der Waals surface area contributed by atoms with Gasteiger partial charge < -0.3 is 0 Å². The topological polar surface area (TPSA) is 17.1 Å². The molecule has 1 aromatic rings. The van der Waals surface area contributed by atoms with Crippen LogP contribution in [0.1, 0.15) is 10.4 Å². The maximum Gasteiger partial charge on any atom is 2.00 e. The van der Waals surface area contributed by atoms with Gasteiger partial charge in [0.2, 0.25) is 0 Å². The van der Waals surface area contributed by atoms with Gasteiger partial charge in [-0.05, 0) is 82.1 Å². The Labute approximate surface area is 138 Å². The van der Waals surface area contributed by atoms with E-state index >= 15 is 0 Å². The molecule has 100 valence electrons. The average Bonchev–Trinajstić information content (AvgIpc) is 3.15. The summed E-state index contributed by atoms with van der Waals surface area (Å²) in [6.07, 6.45) is 17.3. The van der Waals surface area contributed by atoms with Crippen LogP contribution in [0.5, 0.6) is 0 Å². The van der Waals surface area contributed by atoms with E-state index in [4.69, 9.17) is 11.6 Å². The van der Waals surface area contributed by atoms with Gasteiger partial charge in [-0.3, -0.25) is 4.79 Å². The summed E-state index contributed by atoms with van der Waals surface area (Å²) in [4.78, 5) is 11.8. The summed E-state index contributed by atoms with van der Waals surface area (Å²) in [6, 6.07) is 6.91. The average molecular weight is 325 g/mol. The first kappa shape index (κ1) is 17.8. The summed E-state index contributed by atoms with van der Waals surface area (Å²) in [5.41, 5.74) is 0.667. The molecule has 2 saturated carbocycles. The maximum absolute atomic E-state index is 11.8. The minimum atomic E-state index is 0. The van der Waals surface area contributed by atoms with Crippen LogP contribution in [0.3, 0.4) is 0 Å². The molecule has 2 aliphatic rings. The van der Waals surface area contributed by atoms with Crippen molar-refractivity contribution in [1.82, 2.24) is 0 Å². The van der Waals surface area contributed by atoms with Crippen molar-refractivity contribution in [3.63, 3.8) is 0 Å². The van der Waals surface area contributed by atoms with E-state index in [1.54, 1.807) is 37.1 Å². The van der Waals surface area contributed by atoms with Crippen molar-refractivity contribution in [2.75, 3.05) is 0 Å². The third kappa shape index (κ3) is 5.60. The number of Topliss-reactive ketones (excluding diaryl/α,β-unsaturated/α-hetero) is 1. The van der Waals surface area contributed by atoms with Crippen LogP contribution >= 0.6 is 11.6 Å². The van der Waals surface area contributed by atoms with Gasteiger partial charge in [-0.1, -0.05) is 11.6 Å². The normalized spacial score (nSPS) is 18.1. The molecule has 0 atom stereocenters. The molecule has 0 heterocycles. The van der Waals surface area contributed by atoms with Crippen LogP contribution < -0.4 is 0 Å². The largest absolute Gasteiger partial charge is 2.00 e. The molecule has 10 radical (unpaired) electrons. The Balaban J connectivity index is 0.000000283. The van der Waals surface area contributed by atoms with Crippen LogP contribution in [-0.2, 0) is 17.1 Å². The Hall–Kier alpha value is -0.301. The van der Waals surface area contributed by atoms with Gasteiger partial charge in [0.25, 0.3) is 0 Å². The molecule has 0 amide bonds. The standard InChI is InChI=1S/C12H8ClO.C5H5.Fe/c13-11-7-5-10(6-8-11)12(14)9-3-1-2-4-9;1-2-4-5-3-1;/h1-8H;1-5H;/q;;+2. The molecule has 3 rings (SSSR count). The van der Waals surface area contributed by atoms with Crippen LogP contribution in [0.2, 0.25) is 5.02 Å². The van der Waals surface area contributed by atoms with Crippen molar-refractivity contribution in [3.05, 3.63) is 98.6 Å². The van der Waals surface area contributed by atoms with Crippen molar-refractivity contribution >= 4 is 17.4 Å². The Morgan fingerprint density at radius 2 is 1.20 bits per heavy atom. The number of halogens is 1. The Kier molecular flexibility index (Phi) is 8.52. The van der Waals surface area contributed by atoms with Crippen LogP contribution in [0.15, 0.2) is 24.3 Å². The van der Waals surface area contributed by atoms with Gasteiger partial charge in [0.1, 0.15) is 0 Å². The molecule has 1 nitrogen and oxygen atoms in total. The van der Waals surface area contributed by atoms with Crippen molar-refractivity contribution in [3.8, 4) is 0 Å². The van der Waals surface area contributed by atoms with Crippen LogP contribution in [0, 0.1) is 63.7 Å². The van der Waals surface area contributed by atoms with Crippen molar-refractivity contribution in [1.29, 1.82) is 0 Å². The van der Waals surface area contributed by atoms with Crippen molar-refractivity contribution in [2.45, 2.75) is 0 Å². The summed E-state index contributed by atoms with van der Waals surface area (Å²) in [7, 11) is 0. The summed E-state index contributed by atoms with van der Waals surface area (Å²) >= 11 is 5.73. The van der Waals surface area contributed by atoms with E-state index in [1.807, 2.05) is 44.9 Å². The van der Waals surface area contributed by atoms with Gasteiger partial charge >= 0.3 is 17.1 Å². The zero-order chi connectivity index (χ0) is 13.5. The first-order chi connectivity index (χ1) is 9.27. The van der Waals surface area contributed by atoms with E-state index in [0.29, 0.717) is 16.5 Å². The zero-order valence-electron chi connectivity index (χ0n) is 10.6. The number of rotatable bonds is 2. The number of carbonyl (C=O) groups is 1. The van der Waals surface area contributed by atoms with E-state index in [9.17, 15) is 4.79 Å². The van der Waals surface area contributed by atoms with Gasteiger partial charge in [0.05, 0.1) is 5.92 Å². The Morgan fingerprint density at radius 1 is 0.750 bits per heavy atom. The van der Waals surface area contributed by atoms with Crippen LogP contribution in [-0.4, -0.2) is 5.78 Å². The molecular weight excluding hydrogens is 311 g/mol. The Bertz CT molecular complexity index is 384. The third-order valence-corrected chi connectivity index (χ3v) is 2.84. The number of ketones is 1. The van der Waals surface area contributed by atoms with E-state index < -0.39 is 0 Å². The van der Waals surface area contributed by atoms with Crippen LogP contribution in [0.25, 0.3) is 0 Å². The fourth-order valence-corrected chi connectivity index (χ4v) is 1.74. The summed E-state index contributed by atoms with van der Waals surface area (Å²) < 4.78 is 0. The van der Waals surface area contributed by atoms with Gasteiger partial charge in [0.15, 0.2) is 5.78 Å². The van der Waals surface area contributed by atoms with E-state index in [0.717, 1.165) is 0 Å². The first-order valence-corrected chi connectivity index (χ1v) is 6.34. The van der Waals surface area contributed by atoms with E-state index in [1.165, 1.54) is 0 Å². The molecule has 0 N–H and O–H groups in total. The van der Waals surface area contributed by atoms with E-state index in [-0.39, 0.29) is 22.9 Å². The predicted molar refractivity (Wildman–Crippen MR) is 77.7 cm³/mol. The summed E-state index contributed by atoms with van der Waals surface area (Å²) in [5.74, 6) is 0.749. The van der Waals surface area contributed by atoms with Crippen molar-refractivity contribution in [2.24, 2.45) is 0 Å². The number of hydrogen-bond acceptors (Lipinski definition) is 1. The number of benzene rings is 1. The van der Waals surface area contributed by atoms with Gasteiger partial charge in [-0.15, -0.1) is 0 Å². The second-order valence-electron chi connectivity index (χ2n) is 3.97. The summed E-state index contributed by atoms with van der Waals surface area (Å²) in [5, 5.41) is 0.643. The fourth-order valence-electron chi connectivity index (χ4n) is 1.61. The molecule has 0 aliphatic heterocycles. The Morgan fingerprint density at radius 3 is 1.65 bits per heavy atom. The minimum Gasteiger partial charge on any atom is -0.293 e. The number of hydrogen-bond donors (Lipinski definition) is 0. The quantitative estimate of drug-likeness (QED) is 0.595. The SMILES string of the molecule is O=C([C]1[CH][CH][CH][CH]1)c1ccc(Cl)cc1.[CH]1[CH][CH][CH][CH]1.[Fe+2]. The first-order valence-electron chi connectivity index (χ1n) is 5.96. The predicted octanol–water partition coefficient (Wildman–Crippen LogP) is 3.95. The molecule has 0 unspecified atom stereocenters. The second-order valence-corrected chi connectivity index (χ2v) is 4.41. The molecule has 0 saturated heterocycles. The molecule has 2 aliphatic carbocycles. The molecule has 0 aromatic heterocycles. The molecule has 0 bridgehead atoms. The van der Waals surface area contributed by atoms with Gasteiger partial charge in [0, 0.05) is 10.6 Å². The minimum absolute atomic E-state index is 0. The molecule has 2 fully saturated rings. The number of carbonyl (C=O) groups excluding carboxylic acids is 1. The fraction of sp³-hybridized carbons (Fsp3) is 0. The monoisotopic (exact) mass is 324 g/mol. The smallest absolute Gasteiger partial charge is 0.293 e. The van der Waals surface area contributed by atoms with Crippen molar-refractivity contribution < 1.29 is 21.9 Å². The molecule has 3 heteroatoms. The van der Waals surface area contributed by atoms with E-state index in [2.05, 4.69) is 0 Å². The summed E-state index contributed by atoms with van der Waals surface area (Å²) in [6.45, 7) is 0. The van der Waals surface area contributed by atoms with Gasteiger partial charge in [-0.25, -0.2) is 0 Å². The molecular formula is C17H13ClFeO+2. The van der Waals surface area contributed by atoms with Crippen LogP contribution in [0.4, 0.5) is 0 Å². The van der Waals surface area contributed by atoms with Gasteiger partial charge in [-0.2, -0.15) is 0 Å². The molecule has 20 heavy (non-hydrogen) atoms. The molecule has 0 spiro atoms. The third-order valence-electron chi connectivity index (χ3n) is 2.59. The second kappa shape index (κ2) is 9.60. The maximum atomic E-state index is 11.8. The zero-order valence-corrected chi connectivity index (χ0v) is 12.5. The molecule has 1 aromatic carbocycles.